The number of aryl methyl sites for hydroxylation is 1. The second-order valence-corrected chi connectivity index (χ2v) is 5.99. The summed E-state index contributed by atoms with van der Waals surface area (Å²) in [5.74, 6) is 2.38. The molecule has 0 spiro atoms. The highest BCUT2D eigenvalue weighted by Crippen LogP contribution is 2.24. The molecule has 0 amide bonds. The van der Waals surface area contributed by atoms with E-state index in [1.165, 1.54) is 0 Å². The molecule has 0 N–H and O–H groups in total. The molecule has 2 aromatic rings. The molecule has 0 saturated carbocycles. The van der Waals surface area contributed by atoms with Gasteiger partial charge in [0, 0.05) is 37.4 Å². The Morgan fingerprint density at radius 3 is 2.85 bits per heavy atom. The molecule has 1 aliphatic heterocycles. The molecule has 0 bridgehead atoms. The first-order chi connectivity index (χ1) is 9.56. The summed E-state index contributed by atoms with van der Waals surface area (Å²) in [6, 6.07) is 2.60. The Morgan fingerprint density at radius 1 is 1.30 bits per heavy atom. The summed E-state index contributed by atoms with van der Waals surface area (Å²) in [6.45, 7) is 9.74. The van der Waals surface area contributed by atoms with Gasteiger partial charge in [-0.2, -0.15) is 14.6 Å². The van der Waals surface area contributed by atoms with Crippen molar-refractivity contribution in [3.63, 3.8) is 0 Å². The molecule has 1 fully saturated rings. The van der Waals surface area contributed by atoms with Crippen LogP contribution in [0.15, 0.2) is 12.4 Å². The van der Waals surface area contributed by atoms with Crippen LogP contribution in [-0.2, 0) is 0 Å². The summed E-state index contributed by atoms with van der Waals surface area (Å²) in [6.07, 6.45) is 1.58. The summed E-state index contributed by atoms with van der Waals surface area (Å²) in [5, 5.41) is 4.34. The zero-order valence-electron chi connectivity index (χ0n) is 12.6. The van der Waals surface area contributed by atoms with Crippen molar-refractivity contribution in [1.82, 2.24) is 24.5 Å². The van der Waals surface area contributed by atoms with E-state index < -0.39 is 0 Å². The summed E-state index contributed by atoms with van der Waals surface area (Å²) < 4.78 is 1.85. The number of nitrogens with zero attached hydrogens (tertiary/aromatic N) is 6. The first kappa shape index (κ1) is 13.3. The predicted molar refractivity (Wildman–Crippen MR) is 79.0 cm³/mol. The van der Waals surface area contributed by atoms with Crippen LogP contribution in [0, 0.1) is 12.8 Å². The number of hydrogen-bond acceptors (Lipinski definition) is 5. The van der Waals surface area contributed by atoms with Crippen molar-refractivity contribution in [2.45, 2.75) is 26.8 Å². The molecular weight excluding hydrogens is 252 g/mol. The number of likely N-dealkylation sites (N-methyl/N-ethyl adjacent to an activating group) is 1. The van der Waals surface area contributed by atoms with E-state index in [9.17, 15) is 0 Å². The van der Waals surface area contributed by atoms with Gasteiger partial charge in [0.15, 0.2) is 0 Å². The van der Waals surface area contributed by atoms with Gasteiger partial charge in [-0.25, -0.2) is 4.98 Å². The van der Waals surface area contributed by atoms with Gasteiger partial charge in [0.25, 0.3) is 5.78 Å². The monoisotopic (exact) mass is 274 g/mol. The van der Waals surface area contributed by atoms with E-state index >= 15 is 0 Å². The quantitative estimate of drug-likeness (QED) is 0.824. The van der Waals surface area contributed by atoms with Gasteiger partial charge in [-0.05, 0) is 19.9 Å². The molecule has 6 heteroatoms. The molecule has 2 aromatic heterocycles. The summed E-state index contributed by atoms with van der Waals surface area (Å²) >= 11 is 0. The first-order valence-corrected chi connectivity index (χ1v) is 7.19. The third-order valence-electron chi connectivity index (χ3n) is 4.05. The lowest BCUT2D eigenvalue weighted by molar-refractivity contribution is 0.235. The van der Waals surface area contributed by atoms with E-state index in [1.807, 2.05) is 11.4 Å². The van der Waals surface area contributed by atoms with Crippen molar-refractivity contribution in [2.24, 2.45) is 5.92 Å². The summed E-state index contributed by atoms with van der Waals surface area (Å²) in [5.41, 5.74) is 0.988. The van der Waals surface area contributed by atoms with Crippen molar-refractivity contribution in [1.29, 1.82) is 0 Å². The second kappa shape index (κ2) is 5.01. The van der Waals surface area contributed by atoms with Gasteiger partial charge < -0.3 is 9.80 Å². The Morgan fingerprint density at radius 2 is 2.10 bits per heavy atom. The number of anilines is 1. The first-order valence-electron chi connectivity index (χ1n) is 7.19. The SMILES string of the molecule is Cc1cc(N2CCN(C)CC2C(C)C)n2ncnc2n1. The maximum atomic E-state index is 4.43. The highest BCUT2D eigenvalue weighted by Gasteiger charge is 2.29. The summed E-state index contributed by atoms with van der Waals surface area (Å²) in [4.78, 5) is 13.5. The van der Waals surface area contributed by atoms with Crippen LogP contribution in [0.1, 0.15) is 19.5 Å². The third kappa shape index (κ3) is 2.24. The fourth-order valence-electron chi connectivity index (χ4n) is 2.92. The molecule has 0 aliphatic carbocycles. The van der Waals surface area contributed by atoms with Crippen molar-refractivity contribution in [2.75, 3.05) is 31.6 Å². The molecule has 1 atom stereocenters. The van der Waals surface area contributed by atoms with E-state index in [4.69, 9.17) is 0 Å². The average Bonchev–Trinajstić information content (AvgIpc) is 2.85. The number of piperazine rings is 1. The van der Waals surface area contributed by atoms with Gasteiger partial charge in [-0.15, -0.1) is 0 Å². The van der Waals surface area contributed by atoms with Gasteiger partial charge in [0.1, 0.15) is 12.1 Å². The molecule has 0 aromatic carbocycles. The van der Waals surface area contributed by atoms with Gasteiger partial charge in [0.05, 0.1) is 0 Å². The van der Waals surface area contributed by atoms with E-state index in [-0.39, 0.29) is 0 Å². The standard InChI is InChI=1S/C14H22N6/c1-10(2)12-8-18(4)5-6-19(12)13-7-11(3)17-14-15-9-16-20(13)14/h7,9-10,12H,5-6,8H2,1-4H3. The normalized spacial score (nSPS) is 21.1. The van der Waals surface area contributed by atoms with Crippen molar-refractivity contribution in [3.05, 3.63) is 18.1 Å². The molecule has 0 radical (unpaired) electrons. The zero-order valence-corrected chi connectivity index (χ0v) is 12.6. The van der Waals surface area contributed by atoms with Crippen LogP contribution < -0.4 is 4.90 Å². The van der Waals surface area contributed by atoms with Crippen molar-refractivity contribution >= 4 is 11.6 Å². The number of rotatable bonds is 2. The van der Waals surface area contributed by atoms with Crippen LogP contribution in [0.25, 0.3) is 5.78 Å². The molecule has 6 nitrogen and oxygen atoms in total. The van der Waals surface area contributed by atoms with Crippen LogP contribution in [0.5, 0.6) is 0 Å². The molecule has 108 valence electrons. The minimum absolute atomic E-state index is 0.489. The maximum absolute atomic E-state index is 4.43. The molecular formula is C14H22N6. The van der Waals surface area contributed by atoms with Gasteiger partial charge >= 0.3 is 0 Å². The van der Waals surface area contributed by atoms with Gasteiger partial charge in [0.2, 0.25) is 0 Å². The Bertz CT molecular complexity index is 605. The highest BCUT2D eigenvalue weighted by molar-refractivity contribution is 5.48. The molecule has 3 heterocycles. The van der Waals surface area contributed by atoms with E-state index in [2.05, 4.69) is 51.8 Å². The minimum atomic E-state index is 0.489. The second-order valence-electron chi connectivity index (χ2n) is 5.99. The third-order valence-corrected chi connectivity index (χ3v) is 4.05. The number of fused-ring (bicyclic) bond motifs is 1. The van der Waals surface area contributed by atoms with Crippen LogP contribution in [0.2, 0.25) is 0 Å². The molecule has 3 rings (SSSR count). The molecule has 1 unspecified atom stereocenters. The van der Waals surface area contributed by atoms with Crippen LogP contribution >= 0.6 is 0 Å². The fourth-order valence-corrected chi connectivity index (χ4v) is 2.92. The average molecular weight is 274 g/mol. The smallest absolute Gasteiger partial charge is 0.254 e. The van der Waals surface area contributed by atoms with Crippen molar-refractivity contribution < 1.29 is 0 Å². The van der Waals surface area contributed by atoms with Crippen molar-refractivity contribution in [3.8, 4) is 0 Å². The van der Waals surface area contributed by atoms with Crippen LogP contribution in [0.4, 0.5) is 5.82 Å². The largest absolute Gasteiger partial charge is 0.351 e. The van der Waals surface area contributed by atoms with E-state index in [0.717, 1.165) is 31.1 Å². The molecule has 20 heavy (non-hydrogen) atoms. The zero-order chi connectivity index (χ0) is 14.3. The van der Waals surface area contributed by atoms with Crippen LogP contribution in [-0.4, -0.2) is 57.2 Å². The Hall–Kier alpha value is -1.69. The Kier molecular flexibility index (Phi) is 3.33. The van der Waals surface area contributed by atoms with Gasteiger partial charge in [-0.3, -0.25) is 0 Å². The topological polar surface area (TPSA) is 49.6 Å². The minimum Gasteiger partial charge on any atom is -0.351 e. The Labute approximate surface area is 119 Å². The summed E-state index contributed by atoms with van der Waals surface area (Å²) in [7, 11) is 2.19. The lowest BCUT2D eigenvalue weighted by atomic mass is 10.00. The molecule has 1 saturated heterocycles. The van der Waals surface area contributed by atoms with E-state index in [1.54, 1.807) is 6.33 Å². The number of aromatic nitrogens is 4. The lowest BCUT2D eigenvalue weighted by Gasteiger charge is -2.43. The highest BCUT2D eigenvalue weighted by atomic mass is 15.4. The lowest BCUT2D eigenvalue weighted by Crippen LogP contribution is -2.54. The maximum Gasteiger partial charge on any atom is 0.254 e. The van der Waals surface area contributed by atoms with Gasteiger partial charge in [-0.1, -0.05) is 13.8 Å². The fraction of sp³-hybridized carbons (Fsp3) is 0.643. The predicted octanol–water partition coefficient (Wildman–Crippen LogP) is 1.21. The van der Waals surface area contributed by atoms with Crippen LogP contribution in [0.3, 0.4) is 0 Å². The molecule has 1 aliphatic rings. The number of hydrogen-bond donors (Lipinski definition) is 0. The Balaban J connectivity index is 2.06. The van der Waals surface area contributed by atoms with E-state index in [0.29, 0.717) is 17.7 Å².